The molecule has 18 heteroatoms. The molecule has 3 aromatic carbocycles. The smallest absolute Gasteiger partial charge is 0.297 e. The summed E-state index contributed by atoms with van der Waals surface area (Å²) in [6, 6.07) is 20.2. The van der Waals surface area contributed by atoms with Gasteiger partial charge in [-0.25, -0.2) is 13.1 Å². The number of nitro groups is 1. The third-order valence-electron chi connectivity index (χ3n) is 15.5. The van der Waals surface area contributed by atoms with Gasteiger partial charge in [0, 0.05) is 60.6 Å². The minimum atomic E-state index is -4.71. The van der Waals surface area contributed by atoms with Crippen molar-refractivity contribution in [2.75, 3.05) is 36.5 Å². The number of carbonyl (C=O) groups excluding carboxylic acids is 1. The highest BCUT2D eigenvalue weighted by molar-refractivity contribution is 7.90. The first-order chi connectivity index (χ1) is 32.6. The molecule has 1 spiro atoms. The number of nitrogens with one attached hydrogen (secondary N) is 3. The van der Waals surface area contributed by atoms with Crippen LogP contribution in [0.25, 0.3) is 11.0 Å². The average molecular weight is 949 g/mol. The van der Waals surface area contributed by atoms with E-state index in [-0.39, 0.29) is 58.4 Å². The van der Waals surface area contributed by atoms with Crippen LogP contribution in [0.2, 0.25) is 0 Å². The molecule has 68 heavy (non-hydrogen) atoms. The van der Waals surface area contributed by atoms with Crippen LogP contribution in [0.4, 0.5) is 17.1 Å². The van der Waals surface area contributed by atoms with Crippen molar-refractivity contribution in [3.05, 3.63) is 99.7 Å². The number of benzene rings is 3. The predicted octanol–water partition coefficient (Wildman–Crippen LogP) is 8.46. The number of aliphatic hydroxyl groups is 1. The number of nitro benzene ring substituents is 1. The molecule has 4 fully saturated rings. The third kappa shape index (κ3) is 8.82. The van der Waals surface area contributed by atoms with Gasteiger partial charge >= 0.3 is 0 Å². The van der Waals surface area contributed by atoms with E-state index in [0.29, 0.717) is 54.7 Å². The SMILES string of the molecule is CC(C)c1ccccc1[C@H]1CCCN1C1CC2(CCN(c3ccc(C(=O)NS(=O)(=O)c4cc5c(c([N+](=O)[O-])c4)N[C@@H]([C@H]4CC[C@](C)(O)CC4)CO5)c(Oc4cc5cc[nH]c5nc4ON)c3)CC2)C1. The number of ether oxygens (including phenoxy) is 2. The Kier molecular flexibility index (Phi) is 12.0. The van der Waals surface area contributed by atoms with E-state index in [0.717, 1.165) is 44.2 Å². The van der Waals surface area contributed by atoms with E-state index in [1.54, 1.807) is 37.4 Å². The molecular formula is C50H60N8O9S. The van der Waals surface area contributed by atoms with Gasteiger partial charge < -0.3 is 34.6 Å². The number of H-pyrrole nitrogens is 1. The van der Waals surface area contributed by atoms with Crippen molar-refractivity contribution in [1.29, 1.82) is 0 Å². The molecule has 0 radical (unpaired) electrons. The van der Waals surface area contributed by atoms with Gasteiger partial charge in [0.1, 0.15) is 18.0 Å². The lowest BCUT2D eigenvalue weighted by Gasteiger charge is -2.56. The summed E-state index contributed by atoms with van der Waals surface area (Å²) in [5.41, 5.74) is 3.15. The van der Waals surface area contributed by atoms with E-state index in [9.17, 15) is 28.4 Å². The van der Waals surface area contributed by atoms with E-state index in [1.807, 2.05) is 0 Å². The zero-order valence-electron chi connectivity index (χ0n) is 38.7. The van der Waals surface area contributed by atoms with Gasteiger partial charge in [-0.3, -0.25) is 19.8 Å². The molecule has 0 bridgehead atoms. The summed E-state index contributed by atoms with van der Waals surface area (Å²) >= 11 is 0. The van der Waals surface area contributed by atoms with Crippen LogP contribution >= 0.6 is 0 Å². The second-order valence-electron chi connectivity index (χ2n) is 20.2. The van der Waals surface area contributed by atoms with E-state index in [1.165, 1.54) is 48.9 Å². The van der Waals surface area contributed by atoms with Gasteiger partial charge in [-0.15, -0.1) is 0 Å². The lowest BCUT2D eigenvalue weighted by Crippen LogP contribution is -2.54. The lowest BCUT2D eigenvalue weighted by molar-refractivity contribution is -0.384. The third-order valence-corrected chi connectivity index (χ3v) is 16.8. The number of pyridine rings is 1. The summed E-state index contributed by atoms with van der Waals surface area (Å²) in [6.45, 7) is 9.21. The van der Waals surface area contributed by atoms with Crippen LogP contribution in [0, 0.1) is 21.4 Å². The van der Waals surface area contributed by atoms with Crippen LogP contribution in [-0.2, 0) is 10.0 Å². The van der Waals surface area contributed by atoms with Crippen molar-refractivity contribution in [1.82, 2.24) is 19.6 Å². The minimum absolute atomic E-state index is 0.0187. The molecular weight excluding hydrogens is 889 g/mol. The van der Waals surface area contributed by atoms with Gasteiger partial charge in [-0.2, -0.15) is 10.9 Å². The molecule has 6 N–H and O–H groups in total. The Balaban J connectivity index is 0.875. The number of aromatic nitrogens is 2. The van der Waals surface area contributed by atoms with Gasteiger partial charge in [-0.05, 0) is 130 Å². The van der Waals surface area contributed by atoms with Crippen LogP contribution in [0.1, 0.15) is 118 Å². The van der Waals surface area contributed by atoms with Crippen molar-refractivity contribution in [2.45, 2.75) is 120 Å². The van der Waals surface area contributed by atoms with Crippen LogP contribution in [0.5, 0.6) is 23.1 Å². The Hall–Kier alpha value is -5.95. The summed E-state index contributed by atoms with van der Waals surface area (Å²) in [6.07, 6.45) is 11.0. The maximum atomic E-state index is 14.2. The number of carbonyl (C=O) groups is 1. The van der Waals surface area contributed by atoms with Gasteiger partial charge in [0.2, 0.25) is 0 Å². The molecule has 5 aliphatic rings. The van der Waals surface area contributed by atoms with Crippen molar-refractivity contribution in [3.63, 3.8) is 0 Å². The maximum Gasteiger partial charge on any atom is 0.297 e. The van der Waals surface area contributed by atoms with Gasteiger partial charge in [0.05, 0.1) is 27.0 Å². The molecule has 1 amide bonds. The number of hydrogen-bond acceptors (Lipinski definition) is 14. The number of likely N-dealkylation sites (tertiary alicyclic amines) is 1. The molecule has 2 saturated carbocycles. The number of sulfonamides is 1. The maximum absolute atomic E-state index is 14.2. The molecule has 2 saturated heterocycles. The largest absolute Gasteiger partial charge is 0.489 e. The topological polar surface area (TPSA) is 228 Å². The van der Waals surface area contributed by atoms with Crippen molar-refractivity contribution < 1.29 is 37.6 Å². The predicted molar refractivity (Wildman–Crippen MR) is 257 cm³/mol. The lowest BCUT2D eigenvalue weighted by atomic mass is 9.59. The van der Waals surface area contributed by atoms with Crippen LogP contribution in [0.15, 0.2) is 77.8 Å². The second kappa shape index (κ2) is 17.9. The number of hydrogen-bond donors (Lipinski definition) is 5. The van der Waals surface area contributed by atoms with Gasteiger partial charge in [-0.1, -0.05) is 38.1 Å². The molecule has 0 unspecified atom stereocenters. The number of piperidine rings is 1. The first kappa shape index (κ1) is 45.8. The summed E-state index contributed by atoms with van der Waals surface area (Å²) < 4.78 is 42.5. The molecule has 2 aromatic heterocycles. The first-order valence-electron chi connectivity index (χ1n) is 23.9. The van der Waals surface area contributed by atoms with Crippen LogP contribution in [-0.4, -0.2) is 83.1 Å². The molecule has 3 aliphatic heterocycles. The summed E-state index contributed by atoms with van der Waals surface area (Å²) in [5, 5.41) is 26.8. The molecule has 5 heterocycles. The summed E-state index contributed by atoms with van der Waals surface area (Å²) in [7, 11) is -4.71. The Morgan fingerprint density at radius 1 is 1.01 bits per heavy atom. The van der Waals surface area contributed by atoms with Crippen LogP contribution in [0.3, 0.4) is 0 Å². The summed E-state index contributed by atoms with van der Waals surface area (Å²) in [4.78, 5) is 43.0. The fourth-order valence-electron chi connectivity index (χ4n) is 11.6. The highest BCUT2D eigenvalue weighted by atomic mass is 32.2. The zero-order valence-corrected chi connectivity index (χ0v) is 39.5. The monoisotopic (exact) mass is 948 g/mol. The van der Waals surface area contributed by atoms with E-state index >= 15 is 0 Å². The Morgan fingerprint density at radius 2 is 1.78 bits per heavy atom. The quantitative estimate of drug-likeness (QED) is 0.0584. The average Bonchev–Trinajstić information content (AvgIpc) is 3.99. The second-order valence-corrected chi connectivity index (χ2v) is 21.9. The fraction of sp³-hybridized carbons (Fsp3) is 0.480. The molecule has 17 nitrogen and oxygen atoms in total. The molecule has 10 rings (SSSR count). The van der Waals surface area contributed by atoms with Gasteiger partial charge in [0.15, 0.2) is 17.2 Å². The number of nitrogens with zero attached hydrogens (tertiary/aromatic N) is 4. The van der Waals surface area contributed by atoms with Crippen LogP contribution < -0.4 is 35.1 Å². The Bertz CT molecular complexity index is 2840. The van der Waals surface area contributed by atoms with Crippen molar-refractivity contribution in [3.8, 4) is 23.1 Å². The van der Waals surface area contributed by atoms with E-state index in [4.69, 9.17) is 20.2 Å². The van der Waals surface area contributed by atoms with Crippen molar-refractivity contribution in [2.24, 2.45) is 17.2 Å². The number of fused-ring (bicyclic) bond motifs is 2. The first-order valence-corrected chi connectivity index (χ1v) is 25.4. The zero-order chi connectivity index (χ0) is 47.5. The number of anilines is 2. The number of aromatic amines is 1. The minimum Gasteiger partial charge on any atom is -0.489 e. The fourth-order valence-corrected chi connectivity index (χ4v) is 12.6. The van der Waals surface area contributed by atoms with Crippen molar-refractivity contribution >= 4 is 44.0 Å². The van der Waals surface area contributed by atoms with Gasteiger partial charge in [0.25, 0.3) is 27.5 Å². The number of amides is 1. The Labute approximate surface area is 395 Å². The highest BCUT2D eigenvalue weighted by Crippen LogP contribution is 2.54. The standard InChI is InChI=1S/C50H60N8O9S/c1-30(2)36-7-4-5-8-37(36)40-9-6-20-57(40)34-27-50(28-34)17-21-56(22-18-50)33-10-11-38(42(24-33)66-44-23-32-14-19-52-46(32)54-48(44)67-51)47(59)55-68(63,64)35-25-41(58(61)62)45-43(26-35)65-29-39(53-45)31-12-15-49(3,60)16-13-31/h4-5,7-8,10-11,14,19,23-26,30-31,34,39-40,53,60H,6,9,12-13,15-18,20-22,27-29,51H2,1-3H3,(H,52,54)(H,55,59)/t31-,39-,40-,49-/m1/s1. The summed E-state index contributed by atoms with van der Waals surface area (Å²) in [5.74, 6) is 5.22. The van der Waals surface area contributed by atoms with E-state index in [2.05, 4.69) is 67.9 Å². The highest BCUT2D eigenvalue weighted by Gasteiger charge is 2.50. The molecule has 360 valence electrons. The Morgan fingerprint density at radius 3 is 2.51 bits per heavy atom. The number of nitrogens with two attached hydrogens (primary N) is 1. The van der Waals surface area contributed by atoms with E-state index < -0.39 is 37.0 Å². The number of rotatable bonds is 12. The molecule has 5 aromatic rings. The molecule has 2 atom stereocenters. The normalized spacial score (nSPS) is 24.0. The molecule has 2 aliphatic carbocycles.